The highest BCUT2D eigenvalue weighted by molar-refractivity contribution is 7.89. The van der Waals surface area contributed by atoms with Gasteiger partial charge in [0, 0.05) is 18.2 Å². The molecule has 4 nitrogen and oxygen atoms in total. The molecule has 1 N–H and O–H groups in total. The number of hydrogen-bond donors (Lipinski definition) is 1. The molecule has 1 aliphatic carbocycles. The van der Waals surface area contributed by atoms with Crippen molar-refractivity contribution in [1.82, 2.24) is 4.31 Å². The standard InChI is InChI=1S/C16H21NO3S/c1-3-10-17(15-8-9-15)21(19,20)16-12-14(5-4-11-18)7-6-13(16)2/h6-7,12,15,18H,3,8-11H2,1-2H3. The Labute approximate surface area is 126 Å². The van der Waals surface area contributed by atoms with Gasteiger partial charge in [0.15, 0.2) is 0 Å². The molecular formula is C16H21NO3S. The van der Waals surface area contributed by atoms with Gasteiger partial charge in [-0.2, -0.15) is 4.31 Å². The maximum atomic E-state index is 12.9. The molecule has 21 heavy (non-hydrogen) atoms. The van der Waals surface area contributed by atoms with Crippen LogP contribution in [-0.4, -0.2) is 37.0 Å². The van der Waals surface area contributed by atoms with Gasteiger partial charge in [-0.3, -0.25) is 0 Å². The van der Waals surface area contributed by atoms with Crippen molar-refractivity contribution in [1.29, 1.82) is 0 Å². The maximum absolute atomic E-state index is 12.9. The lowest BCUT2D eigenvalue weighted by Gasteiger charge is -2.22. The Balaban J connectivity index is 2.42. The van der Waals surface area contributed by atoms with E-state index in [4.69, 9.17) is 5.11 Å². The summed E-state index contributed by atoms with van der Waals surface area (Å²) in [7, 11) is -3.48. The molecule has 1 fully saturated rings. The first-order valence-electron chi connectivity index (χ1n) is 7.23. The summed E-state index contributed by atoms with van der Waals surface area (Å²) in [4.78, 5) is 0.326. The molecule has 1 aliphatic rings. The highest BCUT2D eigenvalue weighted by Crippen LogP contribution is 2.33. The van der Waals surface area contributed by atoms with Crippen LogP contribution < -0.4 is 0 Å². The van der Waals surface area contributed by atoms with Crippen LogP contribution in [0.25, 0.3) is 0 Å². The van der Waals surface area contributed by atoms with Crippen molar-refractivity contribution in [2.24, 2.45) is 0 Å². The third-order valence-corrected chi connectivity index (χ3v) is 5.58. The Bertz CT molecular complexity index is 666. The van der Waals surface area contributed by atoms with E-state index in [0.717, 1.165) is 24.8 Å². The van der Waals surface area contributed by atoms with Gasteiger partial charge in [-0.15, -0.1) is 0 Å². The molecular weight excluding hydrogens is 286 g/mol. The van der Waals surface area contributed by atoms with Crippen molar-refractivity contribution in [3.63, 3.8) is 0 Å². The number of benzene rings is 1. The predicted molar refractivity (Wildman–Crippen MR) is 82.3 cm³/mol. The number of sulfonamides is 1. The molecule has 5 heteroatoms. The van der Waals surface area contributed by atoms with Crippen LogP contribution in [0.4, 0.5) is 0 Å². The van der Waals surface area contributed by atoms with Gasteiger partial charge >= 0.3 is 0 Å². The average molecular weight is 307 g/mol. The van der Waals surface area contributed by atoms with Crippen LogP contribution in [0.1, 0.15) is 37.3 Å². The van der Waals surface area contributed by atoms with Crippen LogP contribution in [0.3, 0.4) is 0 Å². The quantitative estimate of drug-likeness (QED) is 0.845. The zero-order valence-corrected chi connectivity index (χ0v) is 13.3. The van der Waals surface area contributed by atoms with Crippen LogP contribution in [0, 0.1) is 18.8 Å². The second-order valence-electron chi connectivity index (χ2n) is 5.29. The SMILES string of the molecule is CCCN(C1CC1)S(=O)(=O)c1cc(C#CCO)ccc1C. The van der Waals surface area contributed by atoms with Crippen LogP contribution in [0.2, 0.25) is 0 Å². The lowest BCUT2D eigenvalue weighted by molar-refractivity contribution is 0.350. The summed E-state index contributed by atoms with van der Waals surface area (Å²) in [5, 5.41) is 8.75. The van der Waals surface area contributed by atoms with Crippen molar-refractivity contribution < 1.29 is 13.5 Å². The molecule has 0 amide bonds. The first-order chi connectivity index (χ1) is 10.0. The molecule has 0 atom stereocenters. The summed E-state index contributed by atoms with van der Waals surface area (Å²) in [6.07, 6.45) is 2.70. The van der Waals surface area contributed by atoms with Gasteiger partial charge in [-0.05, 0) is 43.9 Å². The number of hydrogen-bond acceptors (Lipinski definition) is 3. The zero-order chi connectivity index (χ0) is 15.5. The summed E-state index contributed by atoms with van der Waals surface area (Å²) in [6, 6.07) is 5.31. The molecule has 0 saturated heterocycles. The summed E-state index contributed by atoms with van der Waals surface area (Å²) >= 11 is 0. The first kappa shape index (κ1) is 16.0. The summed E-state index contributed by atoms with van der Waals surface area (Å²) in [6.45, 7) is 4.10. The second kappa shape index (κ2) is 6.61. The van der Waals surface area contributed by atoms with Gasteiger partial charge in [0.2, 0.25) is 10.0 Å². The third-order valence-electron chi connectivity index (χ3n) is 3.48. The molecule has 0 heterocycles. The fourth-order valence-corrected chi connectivity index (χ4v) is 4.34. The number of rotatable bonds is 5. The van der Waals surface area contributed by atoms with Gasteiger partial charge < -0.3 is 5.11 Å². The van der Waals surface area contributed by atoms with Gasteiger partial charge in [0.05, 0.1) is 4.90 Å². The molecule has 0 bridgehead atoms. The highest BCUT2D eigenvalue weighted by Gasteiger charge is 2.37. The van der Waals surface area contributed by atoms with Crippen molar-refractivity contribution >= 4 is 10.0 Å². The Morgan fingerprint density at radius 2 is 2.10 bits per heavy atom. The topological polar surface area (TPSA) is 57.6 Å². The molecule has 0 unspecified atom stereocenters. The lowest BCUT2D eigenvalue weighted by Crippen LogP contribution is -2.34. The minimum Gasteiger partial charge on any atom is -0.384 e. The van der Waals surface area contributed by atoms with Gasteiger partial charge in [0.25, 0.3) is 0 Å². The van der Waals surface area contributed by atoms with E-state index in [2.05, 4.69) is 11.8 Å². The van der Waals surface area contributed by atoms with Gasteiger partial charge in [0.1, 0.15) is 6.61 Å². The van der Waals surface area contributed by atoms with E-state index in [1.54, 1.807) is 29.4 Å². The fraction of sp³-hybridized carbons (Fsp3) is 0.500. The molecule has 0 aliphatic heterocycles. The van der Waals surface area contributed by atoms with E-state index in [0.29, 0.717) is 17.0 Å². The molecule has 0 spiro atoms. The van der Waals surface area contributed by atoms with E-state index in [9.17, 15) is 8.42 Å². The van der Waals surface area contributed by atoms with Gasteiger partial charge in [-0.25, -0.2) is 8.42 Å². The van der Waals surface area contributed by atoms with E-state index in [-0.39, 0.29) is 12.6 Å². The highest BCUT2D eigenvalue weighted by atomic mass is 32.2. The minimum atomic E-state index is -3.48. The first-order valence-corrected chi connectivity index (χ1v) is 8.67. The Morgan fingerprint density at radius 1 is 1.38 bits per heavy atom. The number of aliphatic hydroxyl groups excluding tert-OH is 1. The second-order valence-corrected chi connectivity index (χ2v) is 7.15. The lowest BCUT2D eigenvalue weighted by atomic mass is 10.1. The Kier molecular flexibility index (Phi) is 5.04. The molecule has 1 aromatic rings. The third kappa shape index (κ3) is 3.65. The maximum Gasteiger partial charge on any atom is 0.243 e. The Hall–Kier alpha value is -1.35. The van der Waals surface area contributed by atoms with Crippen molar-refractivity contribution in [3.8, 4) is 11.8 Å². The van der Waals surface area contributed by atoms with Crippen molar-refractivity contribution in [2.45, 2.75) is 44.0 Å². The number of aryl methyl sites for hydroxylation is 1. The molecule has 0 aromatic heterocycles. The van der Waals surface area contributed by atoms with E-state index >= 15 is 0 Å². The molecule has 114 valence electrons. The van der Waals surface area contributed by atoms with Crippen LogP contribution >= 0.6 is 0 Å². The fourth-order valence-electron chi connectivity index (χ4n) is 2.31. The van der Waals surface area contributed by atoms with Crippen molar-refractivity contribution in [2.75, 3.05) is 13.2 Å². The molecule has 1 saturated carbocycles. The number of nitrogens with zero attached hydrogens (tertiary/aromatic N) is 1. The van der Waals surface area contributed by atoms with E-state index in [1.807, 2.05) is 6.92 Å². The monoisotopic (exact) mass is 307 g/mol. The van der Waals surface area contributed by atoms with Crippen LogP contribution in [0.15, 0.2) is 23.1 Å². The summed E-state index contributed by atoms with van der Waals surface area (Å²) in [5.74, 6) is 5.32. The van der Waals surface area contributed by atoms with Crippen LogP contribution in [-0.2, 0) is 10.0 Å². The normalized spacial score (nSPS) is 14.9. The summed E-state index contributed by atoms with van der Waals surface area (Å²) < 4.78 is 27.4. The molecule has 0 radical (unpaired) electrons. The average Bonchev–Trinajstić information content (AvgIpc) is 3.28. The van der Waals surface area contributed by atoms with Gasteiger partial charge in [-0.1, -0.05) is 24.8 Å². The van der Waals surface area contributed by atoms with Crippen molar-refractivity contribution in [3.05, 3.63) is 29.3 Å². The van der Waals surface area contributed by atoms with E-state index < -0.39 is 10.0 Å². The smallest absolute Gasteiger partial charge is 0.243 e. The summed E-state index contributed by atoms with van der Waals surface area (Å²) in [5.41, 5.74) is 1.34. The largest absolute Gasteiger partial charge is 0.384 e. The molecule has 1 aromatic carbocycles. The number of aliphatic hydroxyl groups is 1. The predicted octanol–water partition coefficient (Wildman–Crippen LogP) is 1.90. The van der Waals surface area contributed by atoms with E-state index in [1.165, 1.54) is 0 Å². The zero-order valence-electron chi connectivity index (χ0n) is 12.5. The Morgan fingerprint density at radius 3 is 2.67 bits per heavy atom. The molecule has 2 rings (SSSR count). The van der Waals surface area contributed by atoms with Crippen LogP contribution in [0.5, 0.6) is 0 Å². The minimum absolute atomic E-state index is 0.154.